The largest absolute Gasteiger partial charge is 0.310 e. The van der Waals surface area contributed by atoms with Crippen molar-refractivity contribution in [2.75, 3.05) is 4.90 Å². The molecule has 0 radical (unpaired) electrons. The first-order valence-electron chi connectivity index (χ1n) is 20.9. The van der Waals surface area contributed by atoms with Crippen molar-refractivity contribution in [2.45, 2.75) is 19.3 Å². The second kappa shape index (κ2) is 14.4. The first-order chi connectivity index (χ1) is 29.5. The van der Waals surface area contributed by atoms with E-state index in [1.807, 2.05) is 0 Å². The molecule has 60 heavy (non-hydrogen) atoms. The summed E-state index contributed by atoms with van der Waals surface area (Å²) in [6.07, 6.45) is 0. The minimum absolute atomic E-state index is 0.209. The van der Waals surface area contributed by atoms with Gasteiger partial charge in [0, 0.05) is 22.5 Å². The number of hydrogen-bond donors (Lipinski definition) is 0. The van der Waals surface area contributed by atoms with Crippen LogP contribution in [0.15, 0.2) is 224 Å². The maximum Gasteiger partial charge on any atom is 0.0465 e. The maximum atomic E-state index is 2.45. The van der Waals surface area contributed by atoms with Crippen LogP contribution in [0.3, 0.4) is 0 Å². The molecule has 10 aromatic rings. The van der Waals surface area contributed by atoms with Crippen LogP contribution in [0.25, 0.3) is 77.2 Å². The fourth-order valence-corrected chi connectivity index (χ4v) is 9.50. The normalized spacial score (nSPS) is 12.6. The second-order valence-corrected chi connectivity index (χ2v) is 16.5. The van der Waals surface area contributed by atoms with Crippen LogP contribution in [0, 0.1) is 0 Å². The highest BCUT2D eigenvalue weighted by atomic mass is 15.1. The van der Waals surface area contributed by atoms with E-state index in [4.69, 9.17) is 0 Å². The predicted molar refractivity (Wildman–Crippen MR) is 255 cm³/mol. The van der Waals surface area contributed by atoms with Gasteiger partial charge in [-0.15, -0.1) is 0 Å². The van der Waals surface area contributed by atoms with Crippen LogP contribution in [0.5, 0.6) is 0 Å². The van der Waals surface area contributed by atoms with E-state index in [1.54, 1.807) is 0 Å². The molecule has 0 aliphatic heterocycles. The van der Waals surface area contributed by atoms with Gasteiger partial charge in [-0.2, -0.15) is 0 Å². The Morgan fingerprint density at radius 1 is 0.283 bits per heavy atom. The molecule has 0 N–H and O–H groups in total. The first kappa shape index (κ1) is 35.7. The highest BCUT2D eigenvalue weighted by Gasteiger charge is 2.36. The molecule has 0 saturated carbocycles. The molecule has 0 atom stereocenters. The number of anilines is 3. The molecule has 0 unspecified atom stereocenters. The number of hydrogen-bond acceptors (Lipinski definition) is 1. The van der Waals surface area contributed by atoms with Crippen molar-refractivity contribution in [2.24, 2.45) is 0 Å². The van der Waals surface area contributed by atoms with Crippen LogP contribution < -0.4 is 4.90 Å². The molecule has 1 nitrogen and oxygen atoms in total. The quantitative estimate of drug-likeness (QED) is 0.146. The van der Waals surface area contributed by atoms with Gasteiger partial charge in [0.05, 0.1) is 0 Å². The summed E-state index contributed by atoms with van der Waals surface area (Å²) in [6.45, 7) is 4.78. The third-order valence-electron chi connectivity index (χ3n) is 12.7. The summed E-state index contributed by atoms with van der Waals surface area (Å²) in [4.78, 5) is 2.40. The van der Waals surface area contributed by atoms with Crippen molar-refractivity contribution < 1.29 is 0 Å². The standard InChI is InChI=1S/C59H43N/c1-59(2)57-38-46(45-26-33-52-51-21-13-12-20-47(51)37-55(56(52)36-45)44-18-10-5-11-19-44)27-34-53(57)54-35-32-50(39-58(54)59)60(48-28-22-42(23-29-48)40-14-6-3-7-15-40)49-30-24-43(25-31-49)41-16-8-4-9-17-41/h3-39H,1-2H3. The predicted octanol–water partition coefficient (Wildman–Crippen LogP) is 16.4. The van der Waals surface area contributed by atoms with Crippen LogP contribution in [0.4, 0.5) is 17.1 Å². The lowest BCUT2D eigenvalue weighted by molar-refractivity contribution is 0.660. The van der Waals surface area contributed by atoms with Crippen LogP contribution in [-0.4, -0.2) is 0 Å². The van der Waals surface area contributed by atoms with E-state index >= 15 is 0 Å². The van der Waals surface area contributed by atoms with Gasteiger partial charge in [0.25, 0.3) is 0 Å². The van der Waals surface area contributed by atoms with Gasteiger partial charge in [0.1, 0.15) is 0 Å². The number of benzene rings is 10. The topological polar surface area (TPSA) is 3.24 Å². The molecule has 0 saturated heterocycles. The van der Waals surface area contributed by atoms with Crippen molar-refractivity contribution in [1.82, 2.24) is 0 Å². The third-order valence-corrected chi connectivity index (χ3v) is 12.7. The summed E-state index contributed by atoms with van der Waals surface area (Å²) in [5.74, 6) is 0. The van der Waals surface area contributed by atoms with Gasteiger partial charge in [-0.3, -0.25) is 0 Å². The average Bonchev–Trinajstić information content (AvgIpc) is 3.54. The lowest BCUT2D eigenvalue weighted by Crippen LogP contribution is -2.16. The van der Waals surface area contributed by atoms with Gasteiger partial charge in [0.2, 0.25) is 0 Å². The van der Waals surface area contributed by atoms with Gasteiger partial charge < -0.3 is 4.90 Å². The Labute approximate surface area is 352 Å². The molecule has 11 rings (SSSR count). The molecule has 1 aliphatic carbocycles. The van der Waals surface area contributed by atoms with Crippen LogP contribution in [-0.2, 0) is 5.41 Å². The van der Waals surface area contributed by atoms with Crippen molar-refractivity contribution >= 4 is 38.6 Å². The summed E-state index contributed by atoms with van der Waals surface area (Å²) in [6, 6.07) is 82.3. The second-order valence-electron chi connectivity index (χ2n) is 16.5. The Bertz CT molecular complexity index is 3100. The maximum absolute atomic E-state index is 2.45. The summed E-state index contributed by atoms with van der Waals surface area (Å²) in [5, 5.41) is 5.11. The SMILES string of the molecule is CC1(C)c2cc(-c3ccc4c(c3)c(-c3ccccc3)cc3ccccc34)ccc2-c2ccc(N(c3ccc(-c4ccccc4)cc3)c3ccc(-c4ccccc4)cc3)cc21. The highest BCUT2D eigenvalue weighted by molar-refractivity contribution is 6.14. The van der Waals surface area contributed by atoms with E-state index in [1.165, 1.54) is 88.3 Å². The Kier molecular flexibility index (Phi) is 8.57. The van der Waals surface area contributed by atoms with E-state index in [0.717, 1.165) is 17.1 Å². The number of rotatable bonds is 7. The fraction of sp³-hybridized carbons (Fsp3) is 0.0508. The molecule has 1 aliphatic rings. The molecule has 1 heteroatoms. The van der Waals surface area contributed by atoms with Crippen molar-refractivity contribution in [3.8, 4) is 55.6 Å². The van der Waals surface area contributed by atoms with Crippen molar-refractivity contribution in [1.29, 1.82) is 0 Å². The number of nitrogens with zero attached hydrogens (tertiary/aromatic N) is 1. The monoisotopic (exact) mass is 765 g/mol. The van der Waals surface area contributed by atoms with Gasteiger partial charge in [0.15, 0.2) is 0 Å². The van der Waals surface area contributed by atoms with E-state index in [9.17, 15) is 0 Å². The lowest BCUT2D eigenvalue weighted by atomic mass is 9.81. The Morgan fingerprint density at radius 3 is 1.35 bits per heavy atom. The molecule has 0 spiro atoms. The highest BCUT2D eigenvalue weighted by Crippen LogP contribution is 2.52. The van der Waals surface area contributed by atoms with Gasteiger partial charge in [-0.05, 0) is 143 Å². The Balaban J connectivity index is 0.992. The van der Waals surface area contributed by atoms with E-state index in [2.05, 4.69) is 243 Å². The van der Waals surface area contributed by atoms with E-state index in [0.29, 0.717) is 0 Å². The Morgan fingerprint density at radius 2 is 0.733 bits per heavy atom. The zero-order chi connectivity index (χ0) is 40.2. The summed E-state index contributed by atoms with van der Waals surface area (Å²) in [7, 11) is 0. The smallest absolute Gasteiger partial charge is 0.0465 e. The number of fused-ring (bicyclic) bond motifs is 6. The molecule has 0 fully saturated rings. The molecular formula is C59H43N. The minimum Gasteiger partial charge on any atom is -0.310 e. The average molecular weight is 766 g/mol. The van der Waals surface area contributed by atoms with Gasteiger partial charge in [-0.1, -0.05) is 184 Å². The van der Waals surface area contributed by atoms with E-state index < -0.39 is 0 Å². The summed E-state index contributed by atoms with van der Waals surface area (Å²) >= 11 is 0. The molecular weight excluding hydrogens is 723 g/mol. The molecule has 10 aromatic carbocycles. The molecule has 0 amide bonds. The summed E-state index contributed by atoms with van der Waals surface area (Å²) in [5.41, 5.74) is 18.3. The van der Waals surface area contributed by atoms with Crippen LogP contribution in [0.2, 0.25) is 0 Å². The van der Waals surface area contributed by atoms with Crippen molar-refractivity contribution in [3.05, 3.63) is 236 Å². The summed E-state index contributed by atoms with van der Waals surface area (Å²) < 4.78 is 0. The zero-order valence-corrected chi connectivity index (χ0v) is 33.8. The fourth-order valence-electron chi connectivity index (χ4n) is 9.50. The van der Waals surface area contributed by atoms with Gasteiger partial charge >= 0.3 is 0 Å². The van der Waals surface area contributed by atoms with Crippen LogP contribution in [0.1, 0.15) is 25.0 Å². The molecule has 0 bridgehead atoms. The molecule has 0 aromatic heterocycles. The third kappa shape index (κ3) is 6.10. The molecule has 0 heterocycles. The zero-order valence-electron chi connectivity index (χ0n) is 33.8. The van der Waals surface area contributed by atoms with Crippen LogP contribution >= 0.6 is 0 Å². The van der Waals surface area contributed by atoms with E-state index in [-0.39, 0.29) is 5.41 Å². The Hall–Kier alpha value is -7.48. The van der Waals surface area contributed by atoms with Gasteiger partial charge in [-0.25, -0.2) is 0 Å². The minimum atomic E-state index is -0.209. The van der Waals surface area contributed by atoms with Crippen molar-refractivity contribution in [3.63, 3.8) is 0 Å². The first-order valence-corrected chi connectivity index (χ1v) is 20.9. The lowest BCUT2D eigenvalue weighted by Gasteiger charge is -2.28. The molecule has 284 valence electrons.